The highest BCUT2D eigenvalue weighted by Crippen LogP contribution is 2.36. The fourth-order valence-corrected chi connectivity index (χ4v) is 3.79. The molecule has 7 heteroatoms. The average Bonchev–Trinajstić information content (AvgIpc) is 2.76. The maximum Gasteiger partial charge on any atom is 0.164 e. The number of aromatic nitrogens is 3. The molecule has 0 aliphatic rings. The number of nitrogens with one attached hydrogen (secondary N) is 1. The van der Waals surface area contributed by atoms with Gasteiger partial charge in [-0.25, -0.2) is 15.0 Å². The Bertz CT molecular complexity index is 1150. The predicted octanol–water partition coefficient (Wildman–Crippen LogP) is 4.68. The number of anilines is 2. The molecule has 146 valence electrons. The Morgan fingerprint density at radius 1 is 1.00 bits per heavy atom. The van der Waals surface area contributed by atoms with Crippen LogP contribution in [0.5, 0.6) is 5.75 Å². The van der Waals surface area contributed by atoms with E-state index in [0.29, 0.717) is 11.5 Å². The number of aryl methyl sites for hydroxylation is 1. The molecule has 0 amide bonds. The largest absolute Gasteiger partial charge is 0.508 e. The molecule has 2 aromatic carbocycles. The molecule has 0 radical (unpaired) electrons. The summed E-state index contributed by atoms with van der Waals surface area (Å²) in [5, 5.41) is 23.3. The van der Waals surface area contributed by atoms with Crippen molar-refractivity contribution in [3.05, 3.63) is 72.2 Å². The summed E-state index contributed by atoms with van der Waals surface area (Å²) < 4.78 is 0. The van der Waals surface area contributed by atoms with Gasteiger partial charge in [-0.3, -0.25) is 0 Å². The molecule has 0 saturated heterocycles. The molecular weight excluding hydrogens is 384 g/mol. The van der Waals surface area contributed by atoms with Crippen LogP contribution in [0.1, 0.15) is 18.2 Å². The molecule has 4 aromatic rings. The maximum atomic E-state index is 9.57. The number of hydrogen-bond acceptors (Lipinski definition) is 7. The fourth-order valence-electron chi connectivity index (χ4n) is 2.91. The SMILES string of the molecule is CCc1ccc2c(Nc3cc(CO)ccc3Sc3ccc(O)cc3)ncnc2n1. The van der Waals surface area contributed by atoms with Crippen molar-refractivity contribution in [3.8, 4) is 5.75 Å². The van der Waals surface area contributed by atoms with Gasteiger partial charge in [0.2, 0.25) is 0 Å². The zero-order chi connectivity index (χ0) is 20.2. The zero-order valence-corrected chi connectivity index (χ0v) is 16.6. The van der Waals surface area contributed by atoms with E-state index < -0.39 is 0 Å². The van der Waals surface area contributed by atoms with Crippen LogP contribution >= 0.6 is 11.8 Å². The Morgan fingerprint density at radius 3 is 2.59 bits per heavy atom. The van der Waals surface area contributed by atoms with Gasteiger partial charge in [0.05, 0.1) is 17.7 Å². The second-order valence-electron chi connectivity index (χ2n) is 6.46. The maximum absolute atomic E-state index is 9.57. The normalized spacial score (nSPS) is 11.0. The summed E-state index contributed by atoms with van der Waals surface area (Å²) in [4.78, 5) is 15.2. The summed E-state index contributed by atoms with van der Waals surface area (Å²) in [6, 6.07) is 16.8. The number of pyridine rings is 1. The first-order valence-electron chi connectivity index (χ1n) is 9.24. The average molecular weight is 404 g/mol. The summed E-state index contributed by atoms with van der Waals surface area (Å²) in [5.74, 6) is 0.891. The summed E-state index contributed by atoms with van der Waals surface area (Å²) >= 11 is 1.56. The molecule has 0 bridgehead atoms. The van der Waals surface area contributed by atoms with Gasteiger partial charge in [-0.05, 0) is 60.5 Å². The molecule has 0 saturated carbocycles. The van der Waals surface area contributed by atoms with Gasteiger partial charge in [0.25, 0.3) is 0 Å². The van der Waals surface area contributed by atoms with Crippen molar-refractivity contribution in [2.45, 2.75) is 29.7 Å². The zero-order valence-electron chi connectivity index (χ0n) is 15.8. The van der Waals surface area contributed by atoms with E-state index in [0.717, 1.165) is 38.5 Å². The minimum atomic E-state index is -0.0508. The molecular formula is C22H20N4O2S. The minimum Gasteiger partial charge on any atom is -0.508 e. The van der Waals surface area contributed by atoms with E-state index in [-0.39, 0.29) is 12.4 Å². The Morgan fingerprint density at radius 2 is 1.83 bits per heavy atom. The van der Waals surface area contributed by atoms with E-state index in [1.807, 2.05) is 42.5 Å². The van der Waals surface area contributed by atoms with E-state index in [1.54, 1.807) is 23.9 Å². The lowest BCUT2D eigenvalue weighted by Gasteiger charge is -2.14. The lowest BCUT2D eigenvalue weighted by atomic mass is 10.2. The number of hydrogen-bond donors (Lipinski definition) is 3. The number of nitrogens with zero attached hydrogens (tertiary/aromatic N) is 3. The summed E-state index contributed by atoms with van der Waals surface area (Å²) in [6.07, 6.45) is 2.34. The van der Waals surface area contributed by atoms with Gasteiger partial charge in [-0.15, -0.1) is 0 Å². The molecule has 6 nitrogen and oxygen atoms in total. The molecule has 0 fully saturated rings. The highest BCUT2D eigenvalue weighted by atomic mass is 32.2. The number of aliphatic hydroxyl groups is 1. The van der Waals surface area contributed by atoms with E-state index in [4.69, 9.17) is 0 Å². The Balaban J connectivity index is 1.72. The summed E-state index contributed by atoms with van der Waals surface area (Å²) in [7, 11) is 0. The second kappa shape index (κ2) is 8.46. The number of aliphatic hydroxyl groups excluding tert-OH is 1. The molecule has 0 atom stereocenters. The van der Waals surface area contributed by atoms with Crippen molar-refractivity contribution in [1.82, 2.24) is 15.0 Å². The van der Waals surface area contributed by atoms with Crippen LogP contribution in [0.25, 0.3) is 11.0 Å². The molecule has 0 aliphatic heterocycles. The van der Waals surface area contributed by atoms with Crippen molar-refractivity contribution >= 4 is 34.3 Å². The number of fused-ring (bicyclic) bond motifs is 1. The van der Waals surface area contributed by atoms with Crippen LogP contribution in [-0.4, -0.2) is 25.2 Å². The molecule has 2 heterocycles. The van der Waals surface area contributed by atoms with Crippen molar-refractivity contribution in [2.24, 2.45) is 0 Å². The minimum absolute atomic E-state index is 0.0508. The first-order chi connectivity index (χ1) is 14.2. The van der Waals surface area contributed by atoms with Crippen LogP contribution in [0.3, 0.4) is 0 Å². The van der Waals surface area contributed by atoms with Crippen LogP contribution in [0, 0.1) is 0 Å². The Labute approximate surface area is 172 Å². The molecule has 29 heavy (non-hydrogen) atoms. The highest BCUT2D eigenvalue weighted by molar-refractivity contribution is 7.99. The third-order valence-electron chi connectivity index (χ3n) is 4.46. The highest BCUT2D eigenvalue weighted by Gasteiger charge is 2.11. The molecule has 4 rings (SSSR count). The van der Waals surface area contributed by atoms with Crippen LogP contribution in [0.15, 0.2) is 70.7 Å². The molecule has 0 unspecified atom stereocenters. The quantitative estimate of drug-likeness (QED) is 0.430. The standard InChI is InChI=1S/C22H20N4O2S/c1-2-15-4-9-18-21(25-15)23-13-24-22(18)26-19-11-14(12-27)3-10-20(19)29-17-7-5-16(28)6-8-17/h3-11,13,27-28H,2,12H2,1H3,(H,23,24,25,26). The van der Waals surface area contributed by atoms with Crippen molar-refractivity contribution in [2.75, 3.05) is 5.32 Å². The smallest absolute Gasteiger partial charge is 0.164 e. The fraction of sp³-hybridized carbons (Fsp3) is 0.136. The number of benzene rings is 2. The Kier molecular flexibility index (Phi) is 5.59. The lowest BCUT2D eigenvalue weighted by Crippen LogP contribution is -2.00. The van der Waals surface area contributed by atoms with Crippen molar-refractivity contribution in [3.63, 3.8) is 0 Å². The number of phenols is 1. The first-order valence-corrected chi connectivity index (χ1v) is 10.1. The van der Waals surface area contributed by atoms with Gasteiger partial charge < -0.3 is 15.5 Å². The molecule has 3 N–H and O–H groups in total. The van der Waals surface area contributed by atoms with Crippen LogP contribution in [0.2, 0.25) is 0 Å². The summed E-state index contributed by atoms with van der Waals surface area (Å²) in [6.45, 7) is 2.01. The van der Waals surface area contributed by atoms with E-state index in [2.05, 4.69) is 27.2 Å². The van der Waals surface area contributed by atoms with E-state index in [1.165, 1.54) is 6.33 Å². The predicted molar refractivity (Wildman–Crippen MR) is 115 cm³/mol. The van der Waals surface area contributed by atoms with E-state index in [9.17, 15) is 10.2 Å². The van der Waals surface area contributed by atoms with Gasteiger partial charge in [-0.2, -0.15) is 0 Å². The van der Waals surface area contributed by atoms with Crippen LogP contribution in [0.4, 0.5) is 11.5 Å². The topological polar surface area (TPSA) is 91.2 Å². The van der Waals surface area contributed by atoms with Crippen LogP contribution < -0.4 is 5.32 Å². The third kappa shape index (κ3) is 4.31. The van der Waals surface area contributed by atoms with Gasteiger partial charge >= 0.3 is 0 Å². The molecule has 0 spiro atoms. The monoisotopic (exact) mass is 404 g/mol. The van der Waals surface area contributed by atoms with Gasteiger partial charge in [-0.1, -0.05) is 24.8 Å². The number of aromatic hydroxyl groups is 1. The summed E-state index contributed by atoms with van der Waals surface area (Å²) in [5.41, 5.74) is 3.25. The van der Waals surface area contributed by atoms with Crippen LogP contribution in [-0.2, 0) is 13.0 Å². The van der Waals surface area contributed by atoms with Gasteiger partial charge in [0.1, 0.15) is 17.9 Å². The second-order valence-corrected chi connectivity index (χ2v) is 7.57. The van der Waals surface area contributed by atoms with Crippen molar-refractivity contribution < 1.29 is 10.2 Å². The third-order valence-corrected chi connectivity index (χ3v) is 5.54. The molecule has 2 aromatic heterocycles. The molecule has 0 aliphatic carbocycles. The van der Waals surface area contributed by atoms with Gasteiger partial charge in [0.15, 0.2) is 5.65 Å². The first kappa shape index (κ1) is 19.2. The van der Waals surface area contributed by atoms with E-state index >= 15 is 0 Å². The Hall–Kier alpha value is -3.16. The van der Waals surface area contributed by atoms with Crippen molar-refractivity contribution in [1.29, 1.82) is 0 Å². The number of phenolic OH excluding ortho intramolecular Hbond substituents is 1. The lowest BCUT2D eigenvalue weighted by molar-refractivity contribution is 0.282. The van der Waals surface area contributed by atoms with Gasteiger partial charge in [0, 0.05) is 15.5 Å². The number of rotatable bonds is 6.